The summed E-state index contributed by atoms with van der Waals surface area (Å²) in [5.41, 5.74) is 2.59. The van der Waals surface area contributed by atoms with Crippen molar-refractivity contribution in [1.29, 1.82) is 0 Å². The lowest BCUT2D eigenvalue weighted by Gasteiger charge is -2.23. The van der Waals surface area contributed by atoms with Gasteiger partial charge in [-0.2, -0.15) is 0 Å². The second kappa shape index (κ2) is 9.49. The third kappa shape index (κ3) is 5.81. The lowest BCUT2D eigenvalue weighted by Crippen LogP contribution is -2.37. The van der Waals surface area contributed by atoms with Gasteiger partial charge in [-0.05, 0) is 36.8 Å². The second-order valence-corrected chi connectivity index (χ2v) is 6.64. The molecule has 0 bridgehead atoms. The van der Waals surface area contributed by atoms with E-state index in [2.05, 4.69) is 24.4 Å². The average Bonchev–Trinajstić information content (AvgIpc) is 2.57. The highest BCUT2D eigenvalue weighted by atomic mass is 16.2. The van der Waals surface area contributed by atoms with Crippen molar-refractivity contribution in [3.05, 3.63) is 35.4 Å². The van der Waals surface area contributed by atoms with Crippen molar-refractivity contribution in [2.24, 2.45) is 5.92 Å². The molecule has 1 unspecified atom stereocenters. The number of hydrogen-bond donors (Lipinski definition) is 1. The van der Waals surface area contributed by atoms with E-state index < -0.39 is 0 Å². The molecular formula is C20H29NO2. The normalized spacial score (nSPS) is 16.7. The summed E-state index contributed by atoms with van der Waals surface area (Å²) in [6.07, 6.45) is 9.91. The number of rotatable bonds is 8. The molecule has 3 heteroatoms. The van der Waals surface area contributed by atoms with Crippen molar-refractivity contribution in [2.75, 3.05) is 0 Å². The Bertz CT molecular complexity index is 524. The van der Waals surface area contributed by atoms with Crippen LogP contribution in [0.25, 0.3) is 0 Å². The number of imide groups is 1. The zero-order valence-corrected chi connectivity index (χ0v) is 14.3. The maximum absolute atomic E-state index is 12.3. The number of fused-ring (bicyclic) bond motifs is 1. The van der Waals surface area contributed by atoms with Crippen molar-refractivity contribution < 1.29 is 9.59 Å². The third-order valence-corrected chi connectivity index (χ3v) is 4.74. The monoisotopic (exact) mass is 315 g/mol. The predicted octanol–water partition coefficient (Wildman–Crippen LogP) is 4.18. The van der Waals surface area contributed by atoms with Gasteiger partial charge < -0.3 is 0 Å². The van der Waals surface area contributed by atoms with E-state index in [4.69, 9.17) is 0 Å². The van der Waals surface area contributed by atoms with Crippen LogP contribution < -0.4 is 5.32 Å². The maximum atomic E-state index is 12.3. The van der Waals surface area contributed by atoms with E-state index in [1.165, 1.54) is 36.8 Å². The first-order chi connectivity index (χ1) is 11.2. The van der Waals surface area contributed by atoms with Crippen LogP contribution in [-0.2, 0) is 22.4 Å². The Balaban J connectivity index is 1.67. The first-order valence-electron chi connectivity index (χ1n) is 9.11. The summed E-state index contributed by atoms with van der Waals surface area (Å²) in [7, 11) is 0. The Hall–Kier alpha value is -1.64. The summed E-state index contributed by atoms with van der Waals surface area (Å²) in [6.45, 7) is 2.20. The molecule has 1 N–H and O–H groups in total. The van der Waals surface area contributed by atoms with E-state index in [1.807, 2.05) is 12.1 Å². The number of benzene rings is 1. The van der Waals surface area contributed by atoms with Gasteiger partial charge >= 0.3 is 0 Å². The fraction of sp³-hybridized carbons (Fsp3) is 0.600. The van der Waals surface area contributed by atoms with Gasteiger partial charge in [0.2, 0.25) is 11.8 Å². The maximum Gasteiger partial charge on any atom is 0.230 e. The van der Waals surface area contributed by atoms with E-state index in [1.54, 1.807) is 0 Å². The molecule has 1 aliphatic rings. The molecular weight excluding hydrogens is 286 g/mol. The second-order valence-electron chi connectivity index (χ2n) is 6.64. The molecule has 0 heterocycles. The minimum atomic E-state index is -0.107. The highest BCUT2D eigenvalue weighted by molar-refractivity contribution is 5.96. The van der Waals surface area contributed by atoms with E-state index in [-0.39, 0.29) is 17.7 Å². The first-order valence-corrected chi connectivity index (χ1v) is 9.11. The van der Waals surface area contributed by atoms with Gasteiger partial charge in [0, 0.05) is 12.3 Å². The zero-order chi connectivity index (χ0) is 16.5. The summed E-state index contributed by atoms with van der Waals surface area (Å²) in [6, 6.07) is 8.28. The predicted molar refractivity (Wildman–Crippen MR) is 93.1 cm³/mol. The molecule has 1 aromatic carbocycles. The fourth-order valence-corrected chi connectivity index (χ4v) is 3.29. The van der Waals surface area contributed by atoms with Gasteiger partial charge in [-0.1, -0.05) is 63.3 Å². The summed E-state index contributed by atoms with van der Waals surface area (Å²) in [4.78, 5) is 24.2. The number of carbonyl (C=O) groups is 2. The molecule has 0 fully saturated rings. The van der Waals surface area contributed by atoms with E-state index in [0.29, 0.717) is 6.42 Å². The van der Waals surface area contributed by atoms with E-state index in [9.17, 15) is 9.59 Å². The van der Waals surface area contributed by atoms with Crippen LogP contribution in [0.4, 0.5) is 0 Å². The van der Waals surface area contributed by atoms with Gasteiger partial charge in [-0.15, -0.1) is 0 Å². The van der Waals surface area contributed by atoms with Gasteiger partial charge in [-0.25, -0.2) is 0 Å². The van der Waals surface area contributed by atoms with Crippen molar-refractivity contribution in [1.82, 2.24) is 5.32 Å². The molecule has 1 atom stereocenters. The number of hydrogen-bond acceptors (Lipinski definition) is 2. The molecule has 2 rings (SSSR count). The molecule has 1 aromatic rings. The topological polar surface area (TPSA) is 46.2 Å². The number of unbranched alkanes of at least 4 members (excludes halogenated alkanes) is 5. The van der Waals surface area contributed by atoms with Gasteiger partial charge in [0.05, 0.1) is 0 Å². The number of aryl methyl sites for hydroxylation is 1. The minimum Gasteiger partial charge on any atom is -0.296 e. The molecule has 0 saturated carbocycles. The molecule has 0 aliphatic heterocycles. The Kier molecular flexibility index (Phi) is 7.31. The molecule has 126 valence electrons. The SMILES string of the molecule is CCCCCCCCC(=O)NC(=O)C1CCc2ccccc2C1. The zero-order valence-electron chi connectivity index (χ0n) is 14.3. The Morgan fingerprint density at radius 2 is 1.74 bits per heavy atom. The molecule has 1 aliphatic carbocycles. The van der Waals surface area contributed by atoms with E-state index in [0.717, 1.165) is 32.1 Å². The van der Waals surface area contributed by atoms with Crippen LogP contribution in [0.5, 0.6) is 0 Å². The lowest BCUT2D eigenvalue weighted by molar-refractivity contribution is -0.133. The Morgan fingerprint density at radius 3 is 2.52 bits per heavy atom. The van der Waals surface area contributed by atoms with Crippen LogP contribution in [0.2, 0.25) is 0 Å². The Morgan fingerprint density at radius 1 is 1.04 bits per heavy atom. The van der Waals surface area contributed by atoms with E-state index >= 15 is 0 Å². The molecule has 0 radical (unpaired) electrons. The van der Waals surface area contributed by atoms with Gasteiger partial charge in [-0.3, -0.25) is 14.9 Å². The molecule has 3 nitrogen and oxygen atoms in total. The van der Waals surface area contributed by atoms with Crippen LogP contribution in [0.3, 0.4) is 0 Å². The molecule has 0 aromatic heterocycles. The van der Waals surface area contributed by atoms with Gasteiger partial charge in [0.1, 0.15) is 0 Å². The van der Waals surface area contributed by atoms with Crippen LogP contribution in [0.1, 0.15) is 69.4 Å². The summed E-state index contributed by atoms with van der Waals surface area (Å²) in [5, 5.41) is 2.60. The van der Waals surface area contributed by atoms with Gasteiger partial charge in [0.25, 0.3) is 0 Å². The number of amides is 2. The highest BCUT2D eigenvalue weighted by Gasteiger charge is 2.25. The number of carbonyl (C=O) groups excluding carboxylic acids is 2. The smallest absolute Gasteiger partial charge is 0.230 e. The van der Waals surface area contributed by atoms with Crippen molar-refractivity contribution in [3.63, 3.8) is 0 Å². The van der Waals surface area contributed by atoms with Crippen LogP contribution in [0, 0.1) is 5.92 Å². The first kappa shape index (κ1) is 17.7. The summed E-state index contributed by atoms with van der Waals surface area (Å²) < 4.78 is 0. The van der Waals surface area contributed by atoms with Crippen LogP contribution in [-0.4, -0.2) is 11.8 Å². The van der Waals surface area contributed by atoms with Crippen molar-refractivity contribution in [3.8, 4) is 0 Å². The molecule has 23 heavy (non-hydrogen) atoms. The molecule has 0 spiro atoms. The minimum absolute atomic E-state index is 0.0570. The average molecular weight is 315 g/mol. The standard InChI is InChI=1S/C20H29NO2/c1-2-3-4-5-6-7-12-19(22)21-20(23)18-14-13-16-10-8-9-11-17(16)15-18/h8-11,18H,2-7,12-15H2,1H3,(H,21,22,23). The highest BCUT2D eigenvalue weighted by Crippen LogP contribution is 2.25. The summed E-state index contributed by atoms with van der Waals surface area (Å²) in [5.74, 6) is -0.252. The largest absolute Gasteiger partial charge is 0.296 e. The summed E-state index contributed by atoms with van der Waals surface area (Å²) >= 11 is 0. The number of nitrogens with one attached hydrogen (secondary N) is 1. The third-order valence-electron chi connectivity index (χ3n) is 4.74. The Labute approximate surface area is 139 Å². The van der Waals surface area contributed by atoms with Crippen molar-refractivity contribution in [2.45, 2.75) is 71.1 Å². The fourth-order valence-electron chi connectivity index (χ4n) is 3.29. The van der Waals surface area contributed by atoms with Crippen LogP contribution >= 0.6 is 0 Å². The lowest BCUT2D eigenvalue weighted by atomic mass is 9.83. The molecule has 0 saturated heterocycles. The van der Waals surface area contributed by atoms with Crippen LogP contribution in [0.15, 0.2) is 24.3 Å². The quantitative estimate of drug-likeness (QED) is 0.731. The van der Waals surface area contributed by atoms with Gasteiger partial charge in [0.15, 0.2) is 0 Å². The van der Waals surface area contributed by atoms with Crippen molar-refractivity contribution >= 4 is 11.8 Å². The molecule has 2 amide bonds.